The van der Waals surface area contributed by atoms with Crippen molar-refractivity contribution in [3.63, 3.8) is 0 Å². The maximum absolute atomic E-state index is 5.20. The third-order valence-electron chi connectivity index (χ3n) is 2.59. The average molecular weight is 272 g/mol. The van der Waals surface area contributed by atoms with E-state index >= 15 is 0 Å². The monoisotopic (exact) mass is 272 g/mol. The van der Waals surface area contributed by atoms with Crippen LogP contribution in [-0.2, 0) is 17.9 Å². The van der Waals surface area contributed by atoms with Crippen molar-refractivity contribution in [1.82, 2.24) is 15.2 Å². The van der Waals surface area contributed by atoms with Crippen LogP contribution >= 0.6 is 11.3 Å². The lowest BCUT2D eigenvalue weighted by atomic mass is 10.4. The minimum Gasteiger partial charge on any atom is -0.378 e. The second-order valence-electron chi connectivity index (χ2n) is 4.55. The first-order chi connectivity index (χ1) is 8.58. The van der Waals surface area contributed by atoms with Gasteiger partial charge in [0.2, 0.25) is 0 Å². The normalized spacial score (nSPS) is 11.2. The van der Waals surface area contributed by atoms with Crippen LogP contribution in [0.3, 0.4) is 0 Å². The Kier molecular flexibility index (Phi) is 6.56. The maximum Gasteiger partial charge on any atom is 0.185 e. The van der Waals surface area contributed by atoms with E-state index in [0.29, 0.717) is 6.61 Å². The standard InChI is InChI=1S/C12H24N4OS/c1-13-8-11-10(9-17-5)14-12(18-11)16(4)7-6-15(2)3/h13H,6-9H2,1-5H3. The Morgan fingerprint density at radius 1 is 1.28 bits per heavy atom. The van der Waals surface area contributed by atoms with Crippen LogP contribution in [0.4, 0.5) is 5.13 Å². The van der Waals surface area contributed by atoms with Crippen LogP contribution < -0.4 is 10.2 Å². The van der Waals surface area contributed by atoms with E-state index in [1.807, 2.05) is 7.05 Å². The summed E-state index contributed by atoms with van der Waals surface area (Å²) in [5.41, 5.74) is 1.04. The zero-order valence-electron chi connectivity index (χ0n) is 12.0. The Hall–Kier alpha value is -0.690. The molecule has 1 rings (SSSR count). The highest BCUT2D eigenvalue weighted by Crippen LogP contribution is 2.26. The van der Waals surface area contributed by atoms with Crippen molar-refractivity contribution in [3.05, 3.63) is 10.6 Å². The first-order valence-corrected chi connectivity index (χ1v) is 6.88. The molecule has 0 fully saturated rings. The number of aromatic nitrogens is 1. The van der Waals surface area contributed by atoms with Crippen LogP contribution in [0.2, 0.25) is 0 Å². The fourth-order valence-corrected chi connectivity index (χ4v) is 2.59. The third kappa shape index (κ3) is 4.53. The molecule has 0 radical (unpaired) electrons. The van der Waals surface area contributed by atoms with Crippen molar-refractivity contribution >= 4 is 16.5 Å². The Morgan fingerprint density at radius 3 is 2.56 bits per heavy atom. The number of rotatable bonds is 8. The van der Waals surface area contributed by atoms with E-state index in [2.05, 4.69) is 41.2 Å². The van der Waals surface area contributed by atoms with Gasteiger partial charge in [-0.05, 0) is 21.1 Å². The molecule has 0 unspecified atom stereocenters. The van der Waals surface area contributed by atoms with Crippen molar-refractivity contribution in [2.45, 2.75) is 13.2 Å². The predicted octanol–water partition coefficient (Wildman–Crippen LogP) is 1.01. The van der Waals surface area contributed by atoms with Crippen LogP contribution in [0.1, 0.15) is 10.6 Å². The van der Waals surface area contributed by atoms with E-state index < -0.39 is 0 Å². The van der Waals surface area contributed by atoms with Crippen LogP contribution in [0.25, 0.3) is 0 Å². The molecule has 18 heavy (non-hydrogen) atoms. The van der Waals surface area contributed by atoms with Crippen molar-refractivity contribution in [1.29, 1.82) is 0 Å². The highest BCUT2D eigenvalue weighted by molar-refractivity contribution is 7.15. The molecule has 0 atom stereocenters. The number of ether oxygens (including phenoxy) is 1. The zero-order chi connectivity index (χ0) is 13.5. The minimum atomic E-state index is 0.578. The quantitative estimate of drug-likeness (QED) is 0.765. The molecule has 104 valence electrons. The minimum absolute atomic E-state index is 0.578. The summed E-state index contributed by atoms with van der Waals surface area (Å²) >= 11 is 1.74. The third-order valence-corrected chi connectivity index (χ3v) is 3.81. The lowest BCUT2D eigenvalue weighted by Gasteiger charge is -2.18. The second-order valence-corrected chi connectivity index (χ2v) is 5.62. The molecular formula is C12H24N4OS. The molecule has 0 aliphatic carbocycles. The van der Waals surface area contributed by atoms with Gasteiger partial charge in [0, 0.05) is 38.7 Å². The van der Waals surface area contributed by atoms with Gasteiger partial charge in [0.1, 0.15) is 0 Å². The molecule has 0 bridgehead atoms. The summed E-state index contributed by atoms with van der Waals surface area (Å²) in [5.74, 6) is 0. The number of methoxy groups -OCH3 is 1. The highest BCUT2D eigenvalue weighted by Gasteiger charge is 2.13. The smallest absolute Gasteiger partial charge is 0.185 e. The molecule has 0 amide bonds. The van der Waals surface area contributed by atoms with Gasteiger partial charge < -0.3 is 19.9 Å². The predicted molar refractivity (Wildman–Crippen MR) is 77.4 cm³/mol. The fourth-order valence-electron chi connectivity index (χ4n) is 1.53. The number of anilines is 1. The molecule has 6 heteroatoms. The van der Waals surface area contributed by atoms with E-state index in [-0.39, 0.29) is 0 Å². The van der Waals surface area contributed by atoms with E-state index in [0.717, 1.165) is 30.5 Å². The van der Waals surface area contributed by atoms with Crippen LogP contribution in [0, 0.1) is 0 Å². The average Bonchev–Trinajstić information content (AvgIpc) is 2.71. The molecule has 0 saturated heterocycles. The number of nitrogens with one attached hydrogen (secondary N) is 1. The SMILES string of the molecule is CNCc1sc(N(C)CCN(C)C)nc1COC. The Balaban J connectivity index is 2.72. The number of likely N-dealkylation sites (N-methyl/N-ethyl adjacent to an activating group) is 2. The number of hydrogen-bond donors (Lipinski definition) is 1. The van der Waals surface area contributed by atoms with E-state index in [1.54, 1.807) is 18.4 Å². The van der Waals surface area contributed by atoms with Crippen LogP contribution in [0.5, 0.6) is 0 Å². The fraction of sp³-hybridized carbons (Fsp3) is 0.750. The number of hydrogen-bond acceptors (Lipinski definition) is 6. The second kappa shape index (κ2) is 7.68. The molecule has 1 aromatic heterocycles. The highest BCUT2D eigenvalue weighted by atomic mass is 32.1. The molecule has 5 nitrogen and oxygen atoms in total. The summed E-state index contributed by atoms with van der Waals surface area (Å²) in [5, 5.41) is 4.24. The summed E-state index contributed by atoms with van der Waals surface area (Å²) in [6.07, 6.45) is 0. The molecule has 1 heterocycles. The molecule has 1 N–H and O–H groups in total. The van der Waals surface area contributed by atoms with Crippen molar-refractivity contribution in [2.75, 3.05) is 53.3 Å². The summed E-state index contributed by atoms with van der Waals surface area (Å²) < 4.78 is 5.20. The Morgan fingerprint density at radius 2 is 2.00 bits per heavy atom. The number of nitrogens with zero attached hydrogens (tertiary/aromatic N) is 3. The van der Waals surface area contributed by atoms with Gasteiger partial charge in [0.05, 0.1) is 12.3 Å². The summed E-state index contributed by atoms with van der Waals surface area (Å²) in [6, 6.07) is 0. The van der Waals surface area contributed by atoms with Crippen molar-refractivity contribution < 1.29 is 4.74 Å². The summed E-state index contributed by atoms with van der Waals surface area (Å²) in [7, 11) is 9.91. The largest absolute Gasteiger partial charge is 0.378 e. The molecule has 0 spiro atoms. The first-order valence-electron chi connectivity index (χ1n) is 6.06. The van der Waals surface area contributed by atoms with Gasteiger partial charge in [-0.2, -0.15) is 0 Å². The van der Waals surface area contributed by atoms with Crippen LogP contribution in [-0.4, -0.2) is 58.3 Å². The van der Waals surface area contributed by atoms with E-state index in [9.17, 15) is 0 Å². The Bertz CT molecular complexity index is 330. The van der Waals surface area contributed by atoms with Crippen molar-refractivity contribution in [3.8, 4) is 0 Å². The summed E-state index contributed by atoms with van der Waals surface area (Å²) in [6.45, 7) is 3.43. The molecule has 0 aliphatic heterocycles. The first kappa shape index (κ1) is 15.4. The van der Waals surface area contributed by atoms with Gasteiger partial charge in [0.15, 0.2) is 5.13 Å². The lowest BCUT2D eigenvalue weighted by Crippen LogP contribution is -2.28. The van der Waals surface area contributed by atoms with Gasteiger partial charge in [-0.15, -0.1) is 11.3 Å². The molecule has 0 aromatic carbocycles. The van der Waals surface area contributed by atoms with Gasteiger partial charge in [0.25, 0.3) is 0 Å². The van der Waals surface area contributed by atoms with Crippen LogP contribution in [0.15, 0.2) is 0 Å². The maximum atomic E-state index is 5.20. The van der Waals surface area contributed by atoms with Gasteiger partial charge in [-0.25, -0.2) is 4.98 Å². The molecule has 0 saturated carbocycles. The van der Waals surface area contributed by atoms with Gasteiger partial charge >= 0.3 is 0 Å². The zero-order valence-corrected chi connectivity index (χ0v) is 12.8. The summed E-state index contributed by atoms with van der Waals surface area (Å²) in [4.78, 5) is 10.3. The molecule has 1 aromatic rings. The Labute approximate surface area is 114 Å². The lowest BCUT2D eigenvalue weighted by molar-refractivity contribution is 0.181. The molecule has 0 aliphatic rings. The van der Waals surface area contributed by atoms with Crippen molar-refractivity contribution in [2.24, 2.45) is 0 Å². The molecular weight excluding hydrogens is 248 g/mol. The topological polar surface area (TPSA) is 40.6 Å². The van der Waals surface area contributed by atoms with E-state index in [4.69, 9.17) is 4.74 Å². The number of thiazole rings is 1. The van der Waals surface area contributed by atoms with Gasteiger partial charge in [-0.3, -0.25) is 0 Å². The van der Waals surface area contributed by atoms with Gasteiger partial charge in [-0.1, -0.05) is 0 Å². The van der Waals surface area contributed by atoms with E-state index in [1.165, 1.54) is 4.88 Å².